The Morgan fingerprint density at radius 2 is 1.77 bits per heavy atom. The summed E-state index contributed by atoms with van der Waals surface area (Å²) in [7, 11) is 1.53. The summed E-state index contributed by atoms with van der Waals surface area (Å²) in [5.41, 5.74) is 1.56. The minimum Gasteiger partial charge on any atom is -0.500 e. The molecule has 0 saturated heterocycles. The fourth-order valence-electron chi connectivity index (χ4n) is 1.92. The van der Waals surface area contributed by atoms with Gasteiger partial charge in [0.15, 0.2) is 0 Å². The van der Waals surface area contributed by atoms with Crippen LogP contribution in [0.5, 0.6) is 0 Å². The second kappa shape index (κ2) is 12.3. The molecule has 26 heavy (non-hydrogen) atoms. The average Bonchev–Trinajstić information content (AvgIpc) is 2.56. The number of halogens is 3. The zero-order valence-corrected chi connectivity index (χ0v) is 18.7. The van der Waals surface area contributed by atoms with E-state index in [1.807, 2.05) is 0 Å². The Labute approximate surface area is 191 Å². The molecule has 0 amide bonds. The van der Waals surface area contributed by atoms with Crippen LogP contribution in [0.1, 0.15) is 18.1 Å². The van der Waals surface area contributed by atoms with Gasteiger partial charge < -0.3 is 12.2 Å². The number of hydrogen-bond donors (Lipinski definition) is 0. The quantitative estimate of drug-likeness (QED) is 0.205. The zero-order valence-electron chi connectivity index (χ0n) is 14.8. The summed E-state index contributed by atoms with van der Waals surface area (Å²) in [5.74, 6) is -0.681. The van der Waals surface area contributed by atoms with Gasteiger partial charge in [0.25, 0.3) is 0 Å². The van der Waals surface area contributed by atoms with E-state index in [0.29, 0.717) is 16.4 Å². The maximum absolute atomic E-state index is 14.1. The van der Waals surface area contributed by atoms with E-state index in [0.717, 1.165) is 11.6 Å². The van der Waals surface area contributed by atoms with Crippen molar-refractivity contribution < 1.29 is 54.4 Å². The number of rotatable bonds is 5. The maximum atomic E-state index is 14.1. The van der Waals surface area contributed by atoms with Crippen LogP contribution in [0.2, 0.25) is 5.02 Å². The number of ether oxygens (including phenoxy) is 1. The van der Waals surface area contributed by atoms with Crippen LogP contribution >= 0.6 is 11.6 Å². The van der Waals surface area contributed by atoms with Crippen molar-refractivity contribution in [3.63, 3.8) is 0 Å². The first-order chi connectivity index (χ1) is 11.5. The molecule has 0 aliphatic carbocycles. The molecule has 2 rings (SSSR count). The van der Waals surface area contributed by atoms with Crippen LogP contribution in [0.3, 0.4) is 0 Å². The van der Waals surface area contributed by atoms with E-state index in [1.54, 1.807) is 37.3 Å². The van der Waals surface area contributed by atoms with Crippen molar-refractivity contribution in [1.29, 1.82) is 0 Å². The first kappa shape index (κ1) is 24.9. The molecule has 0 spiro atoms. The molecule has 0 bridgehead atoms. The molecule has 0 heterocycles. The van der Waals surface area contributed by atoms with Crippen LogP contribution in [0.4, 0.5) is 8.78 Å². The molecule has 2 aromatic rings. The van der Waals surface area contributed by atoms with Gasteiger partial charge in [0.1, 0.15) is 17.4 Å². The summed E-state index contributed by atoms with van der Waals surface area (Å²) in [4.78, 5) is 4.13. The van der Waals surface area contributed by atoms with E-state index in [4.69, 9.17) is 16.3 Å². The third-order valence-corrected chi connectivity index (χ3v) is 3.48. The fraction of sp³-hybridized carbons (Fsp3) is 0.100. The van der Waals surface area contributed by atoms with Gasteiger partial charge in [-0.1, -0.05) is 23.7 Å². The van der Waals surface area contributed by atoms with E-state index >= 15 is 0 Å². The number of methoxy groups -OCH3 is 1. The van der Waals surface area contributed by atoms with Gasteiger partial charge >= 0.3 is 0 Å². The van der Waals surface area contributed by atoms with E-state index in [1.165, 1.54) is 31.7 Å². The molecule has 0 aromatic heterocycles. The summed E-state index contributed by atoms with van der Waals surface area (Å²) in [6.45, 7) is 1.75. The number of benzene rings is 2. The molecule has 0 unspecified atom stereocenters. The Hall–Kier alpha value is -1.11. The molecule has 2 nitrogen and oxygen atoms in total. The standard InChI is InChI=1S/C19H16ClF2NO.CH3.Nd/c1-13(24-2)11-23-12-15(9-14-3-5-16(20)6-4-14)18-8-7-17(21)10-19(18)22;;/h3-12H,1-2H3;1H3;/q;-1;/b13-11-,15-9-,23-12+;;. The Balaban J connectivity index is 0.00000312. The minimum absolute atomic E-state index is 0. The van der Waals surface area contributed by atoms with Gasteiger partial charge in [-0.2, -0.15) is 0 Å². The van der Waals surface area contributed by atoms with E-state index < -0.39 is 11.6 Å². The van der Waals surface area contributed by atoms with Crippen molar-refractivity contribution in [2.24, 2.45) is 4.99 Å². The first-order valence-corrected chi connectivity index (χ1v) is 7.54. The number of allylic oxidation sites excluding steroid dienone is 2. The molecule has 0 N–H and O–H groups in total. The van der Waals surface area contributed by atoms with Crippen LogP contribution in [0.15, 0.2) is 59.4 Å². The monoisotopic (exact) mass is 504 g/mol. The SMILES string of the molecule is CO\C(C)=C/N=C/C(=C/c1ccc(Cl)cc1)c1ccc(F)cc1F.[CH3-].[Nd]. The molecular weight excluding hydrogens is 488 g/mol. The maximum Gasteiger partial charge on any atom is 0.133 e. The molecule has 0 saturated carbocycles. The first-order valence-electron chi connectivity index (χ1n) is 7.16. The molecular formula is C20H19ClF2NNdO-. The molecule has 0 atom stereocenters. The molecule has 0 radical (unpaired) electrons. The van der Waals surface area contributed by atoms with Crippen LogP contribution in [0, 0.1) is 59.9 Å². The molecule has 0 aliphatic heterocycles. The van der Waals surface area contributed by atoms with Crippen LogP contribution < -0.4 is 0 Å². The zero-order chi connectivity index (χ0) is 17.5. The molecule has 136 valence electrons. The fourth-order valence-corrected chi connectivity index (χ4v) is 2.05. The Morgan fingerprint density at radius 3 is 2.35 bits per heavy atom. The summed E-state index contributed by atoms with van der Waals surface area (Å²) >= 11 is 5.87. The summed E-state index contributed by atoms with van der Waals surface area (Å²) in [5, 5.41) is 0.606. The molecule has 0 fully saturated rings. The van der Waals surface area contributed by atoms with Crippen molar-refractivity contribution in [2.75, 3.05) is 7.11 Å². The Kier molecular flexibility index (Phi) is 11.8. The van der Waals surface area contributed by atoms with Gasteiger partial charge in [-0.05, 0) is 42.8 Å². The summed E-state index contributed by atoms with van der Waals surface area (Å²) in [6, 6.07) is 10.5. The predicted octanol–water partition coefficient (Wildman–Crippen LogP) is 6.19. The van der Waals surface area contributed by atoms with Gasteiger partial charge in [-0.25, -0.2) is 8.78 Å². The van der Waals surface area contributed by atoms with Crippen molar-refractivity contribution in [2.45, 2.75) is 6.92 Å². The third-order valence-electron chi connectivity index (χ3n) is 3.23. The Morgan fingerprint density at radius 1 is 1.12 bits per heavy atom. The second-order valence-electron chi connectivity index (χ2n) is 5.00. The van der Waals surface area contributed by atoms with Gasteiger partial charge in [-0.15, -0.1) is 0 Å². The number of hydrogen-bond acceptors (Lipinski definition) is 2. The third kappa shape index (κ3) is 7.64. The molecule has 6 heteroatoms. The minimum atomic E-state index is -0.658. The summed E-state index contributed by atoms with van der Waals surface area (Å²) < 4.78 is 32.3. The van der Waals surface area contributed by atoms with E-state index in [9.17, 15) is 8.78 Å². The predicted molar refractivity (Wildman–Crippen MR) is 101 cm³/mol. The van der Waals surface area contributed by atoms with Gasteiger partial charge in [0.2, 0.25) is 0 Å². The molecule has 2 aromatic carbocycles. The van der Waals surface area contributed by atoms with Gasteiger partial charge in [-0.3, -0.25) is 4.99 Å². The number of nitrogens with zero attached hydrogens (tertiary/aromatic N) is 1. The van der Waals surface area contributed by atoms with Crippen molar-refractivity contribution in [3.8, 4) is 0 Å². The van der Waals surface area contributed by atoms with Crippen molar-refractivity contribution >= 4 is 29.5 Å². The van der Waals surface area contributed by atoms with Gasteiger partial charge in [0, 0.05) is 69.3 Å². The average molecular weight is 507 g/mol. The smallest absolute Gasteiger partial charge is 0.133 e. The summed E-state index contributed by atoms with van der Waals surface area (Å²) in [6.07, 6.45) is 4.75. The Bertz CT molecular complexity index is 802. The van der Waals surface area contributed by atoms with Crippen molar-refractivity contribution in [3.05, 3.63) is 89.6 Å². The largest absolute Gasteiger partial charge is 0.500 e. The topological polar surface area (TPSA) is 21.6 Å². The van der Waals surface area contributed by atoms with E-state index in [-0.39, 0.29) is 53.8 Å². The van der Waals surface area contributed by atoms with Crippen molar-refractivity contribution in [1.82, 2.24) is 0 Å². The molecule has 0 aliphatic rings. The van der Waals surface area contributed by atoms with Crippen LogP contribution in [-0.2, 0) is 4.74 Å². The van der Waals surface area contributed by atoms with Gasteiger partial charge in [0.05, 0.1) is 13.3 Å². The second-order valence-corrected chi connectivity index (χ2v) is 5.43. The van der Waals surface area contributed by atoms with E-state index in [2.05, 4.69) is 4.99 Å². The normalized spacial score (nSPS) is 11.7. The number of aliphatic imine (C=N–C) groups is 1. The van der Waals surface area contributed by atoms with Crippen LogP contribution in [-0.4, -0.2) is 13.3 Å². The van der Waals surface area contributed by atoms with Crippen LogP contribution in [0.25, 0.3) is 11.6 Å².